The molecule has 106 valence electrons. The third-order valence-electron chi connectivity index (χ3n) is 3.67. The molecule has 2 nitrogen and oxygen atoms in total. The second-order valence-corrected chi connectivity index (χ2v) is 5.92. The van der Waals surface area contributed by atoms with Crippen LogP contribution >= 0.6 is 11.8 Å². The molecular formula is C18H18N2S. The Morgan fingerprint density at radius 1 is 1.05 bits per heavy atom. The number of thioether (sulfide) groups is 1. The van der Waals surface area contributed by atoms with Gasteiger partial charge in [0.1, 0.15) is 0 Å². The Balaban J connectivity index is 1.87. The summed E-state index contributed by atoms with van der Waals surface area (Å²) >= 11 is 1.77. The summed E-state index contributed by atoms with van der Waals surface area (Å²) in [5, 5.41) is 5.97. The summed E-state index contributed by atoms with van der Waals surface area (Å²) in [6.07, 6.45) is 5.84. The molecule has 3 heteroatoms. The van der Waals surface area contributed by atoms with Gasteiger partial charge in [0.15, 0.2) is 0 Å². The van der Waals surface area contributed by atoms with E-state index >= 15 is 0 Å². The normalized spacial score (nSPS) is 12.3. The Labute approximate surface area is 129 Å². The molecule has 0 fully saturated rings. The van der Waals surface area contributed by atoms with Crippen LogP contribution in [0.3, 0.4) is 0 Å². The first-order valence-corrected chi connectivity index (χ1v) is 8.23. The molecule has 0 bridgehead atoms. The van der Waals surface area contributed by atoms with Gasteiger partial charge in [-0.05, 0) is 43.0 Å². The minimum atomic E-state index is 0.264. The molecule has 1 unspecified atom stereocenters. The van der Waals surface area contributed by atoms with Crippen molar-refractivity contribution in [3.63, 3.8) is 0 Å². The average molecular weight is 294 g/mol. The maximum Gasteiger partial charge on any atom is 0.0485 e. The molecule has 0 saturated heterocycles. The molecule has 0 aliphatic heterocycles. The lowest BCUT2D eigenvalue weighted by Crippen LogP contribution is -2.06. The summed E-state index contributed by atoms with van der Waals surface area (Å²) in [6.45, 7) is 2.19. The van der Waals surface area contributed by atoms with Gasteiger partial charge >= 0.3 is 0 Å². The van der Waals surface area contributed by atoms with Crippen LogP contribution in [0.2, 0.25) is 0 Å². The summed E-state index contributed by atoms with van der Waals surface area (Å²) < 4.78 is 0. The molecule has 3 rings (SSSR count). The van der Waals surface area contributed by atoms with Crippen molar-refractivity contribution in [3.8, 4) is 0 Å². The van der Waals surface area contributed by atoms with Gasteiger partial charge in [-0.25, -0.2) is 0 Å². The summed E-state index contributed by atoms with van der Waals surface area (Å²) in [5.41, 5.74) is 2.44. The van der Waals surface area contributed by atoms with E-state index in [9.17, 15) is 0 Å². The van der Waals surface area contributed by atoms with Crippen LogP contribution < -0.4 is 5.32 Å². The second kappa shape index (κ2) is 6.19. The minimum Gasteiger partial charge on any atom is -0.378 e. The van der Waals surface area contributed by atoms with Gasteiger partial charge in [0.2, 0.25) is 0 Å². The lowest BCUT2D eigenvalue weighted by molar-refractivity contribution is 0.885. The molecule has 3 aromatic rings. The topological polar surface area (TPSA) is 24.9 Å². The molecule has 1 heterocycles. The predicted octanol–water partition coefficient (Wildman–Crippen LogP) is 5.13. The van der Waals surface area contributed by atoms with Crippen molar-refractivity contribution in [2.45, 2.75) is 17.9 Å². The number of nitrogens with one attached hydrogen (secondary N) is 1. The van der Waals surface area contributed by atoms with Crippen LogP contribution in [-0.2, 0) is 0 Å². The van der Waals surface area contributed by atoms with Gasteiger partial charge in [0.25, 0.3) is 0 Å². The maximum absolute atomic E-state index is 4.18. The van der Waals surface area contributed by atoms with E-state index in [1.807, 2.05) is 12.4 Å². The van der Waals surface area contributed by atoms with E-state index < -0.39 is 0 Å². The number of nitrogens with zero attached hydrogens (tertiary/aromatic N) is 1. The van der Waals surface area contributed by atoms with Crippen molar-refractivity contribution in [2.75, 3.05) is 11.6 Å². The van der Waals surface area contributed by atoms with Crippen molar-refractivity contribution < 1.29 is 0 Å². The van der Waals surface area contributed by atoms with E-state index in [0.29, 0.717) is 0 Å². The van der Waals surface area contributed by atoms with Gasteiger partial charge < -0.3 is 5.32 Å². The standard InChI is InChI=1S/C18H18N2S/c1-13(14-6-8-16(21-2)9-7-14)20-18-5-3-4-15-12-19-11-10-17(15)18/h3-13,20H,1-2H3. The number of anilines is 1. The summed E-state index contributed by atoms with van der Waals surface area (Å²) in [4.78, 5) is 5.47. The monoisotopic (exact) mass is 294 g/mol. The van der Waals surface area contributed by atoms with Gasteiger partial charge in [-0.2, -0.15) is 0 Å². The Morgan fingerprint density at radius 2 is 1.86 bits per heavy atom. The largest absolute Gasteiger partial charge is 0.378 e. The fraction of sp³-hybridized carbons (Fsp3) is 0.167. The third-order valence-corrected chi connectivity index (χ3v) is 4.41. The lowest BCUT2D eigenvalue weighted by Gasteiger charge is -2.17. The molecule has 21 heavy (non-hydrogen) atoms. The summed E-state index contributed by atoms with van der Waals surface area (Å²) in [7, 11) is 0. The predicted molar refractivity (Wildman–Crippen MR) is 92.0 cm³/mol. The van der Waals surface area contributed by atoms with E-state index in [1.54, 1.807) is 11.8 Å². The number of rotatable bonds is 4. The van der Waals surface area contributed by atoms with Crippen LogP contribution in [0.25, 0.3) is 10.8 Å². The van der Waals surface area contributed by atoms with Crippen LogP contribution in [0, 0.1) is 0 Å². The first-order chi connectivity index (χ1) is 10.3. The maximum atomic E-state index is 4.18. The zero-order valence-electron chi connectivity index (χ0n) is 12.2. The van der Waals surface area contributed by atoms with E-state index in [2.05, 4.69) is 72.0 Å². The van der Waals surface area contributed by atoms with Crippen molar-refractivity contribution in [2.24, 2.45) is 0 Å². The molecule has 1 aromatic heterocycles. The van der Waals surface area contributed by atoms with Gasteiger partial charge in [-0.1, -0.05) is 24.3 Å². The van der Waals surface area contributed by atoms with Crippen molar-refractivity contribution in [1.29, 1.82) is 0 Å². The number of pyridine rings is 1. The lowest BCUT2D eigenvalue weighted by atomic mass is 10.1. The Bertz CT molecular complexity index is 732. The summed E-state index contributed by atoms with van der Waals surface area (Å²) in [5.74, 6) is 0. The fourth-order valence-corrected chi connectivity index (χ4v) is 2.87. The first kappa shape index (κ1) is 14.0. The van der Waals surface area contributed by atoms with Crippen molar-refractivity contribution >= 4 is 28.2 Å². The van der Waals surface area contributed by atoms with E-state index in [0.717, 1.165) is 11.1 Å². The SMILES string of the molecule is CSc1ccc(C(C)Nc2cccc3cnccc23)cc1. The molecule has 1 atom stereocenters. The van der Waals surface area contributed by atoms with Crippen molar-refractivity contribution in [3.05, 3.63) is 66.5 Å². The zero-order chi connectivity index (χ0) is 14.7. The van der Waals surface area contributed by atoms with Gasteiger partial charge in [-0.3, -0.25) is 4.98 Å². The molecule has 0 amide bonds. The van der Waals surface area contributed by atoms with Crippen molar-refractivity contribution in [1.82, 2.24) is 4.98 Å². The molecule has 0 aliphatic carbocycles. The van der Waals surface area contributed by atoms with Crippen LogP contribution in [0.4, 0.5) is 5.69 Å². The molecule has 0 aliphatic rings. The Hall–Kier alpha value is -2.00. The molecule has 0 spiro atoms. The third kappa shape index (κ3) is 3.03. The molecule has 2 aromatic carbocycles. The van der Waals surface area contributed by atoms with Gasteiger partial charge in [0, 0.05) is 39.8 Å². The Morgan fingerprint density at radius 3 is 2.62 bits per heavy atom. The van der Waals surface area contributed by atoms with Gasteiger partial charge in [-0.15, -0.1) is 11.8 Å². The quantitative estimate of drug-likeness (QED) is 0.675. The minimum absolute atomic E-state index is 0.264. The van der Waals surface area contributed by atoms with E-state index in [-0.39, 0.29) is 6.04 Å². The fourth-order valence-electron chi connectivity index (χ4n) is 2.46. The average Bonchev–Trinajstić information content (AvgIpc) is 2.55. The van der Waals surface area contributed by atoms with E-state index in [4.69, 9.17) is 0 Å². The highest BCUT2D eigenvalue weighted by Gasteiger charge is 2.07. The highest BCUT2D eigenvalue weighted by atomic mass is 32.2. The molecule has 0 radical (unpaired) electrons. The highest BCUT2D eigenvalue weighted by Crippen LogP contribution is 2.27. The number of hydrogen-bond acceptors (Lipinski definition) is 3. The van der Waals surface area contributed by atoms with E-state index in [1.165, 1.54) is 15.8 Å². The molecule has 0 saturated carbocycles. The summed E-state index contributed by atoms with van der Waals surface area (Å²) in [6, 6.07) is 17.3. The number of benzene rings is 2. The van der Waals surface area contributed by atoms with Crippen LogP contribution in [0.1, 0.15) is 18.5 Å². The molecular weight excluding hydrogens is 276 g/mol. The number of fused-ring (bicyclic) bond motifs is 1. The Kier molecular flexibility index (Phi) is 4.11. The number of aromatic nitrogens is 1. The van der Waals surface area contributed by atoms with Crippen LogP contribution in [-0.4, -0.2) is 11.2 Å². The van der Waals surface area contributed by atoms with Gasteiger partial charge in [0.05, 0.1) is 0 Å². The highest BCUT2D eigenvalue weighted by molar-refractivity contribution is 7.98. The van der Waals surface area contributed by atoms with Crippen LogP contribution in [0.15, 0.2) is 65.8 Å². The molecule has 1 N–H and O–H groups in total. The first-order valence-electron chi connectivity index (χ1n) is 7.01. The second-order valence-electron chi connectivity index (χ2n) is 5.04. The zero-order valence-corrected chi connectivity index (χ0v) is 13.0. The number of hydrogen-bond donors (Lipinski definition) is 1. The van der Waals surface area contributed by atoms with Crippen LogP contribution in [0.5, 0.6) is 0 Å². The smallest absolute Gasteiger partial charge is 0.0485 e.